The molecule has 0 spiro atoms. The third-order valence-corrected chi connectivity index (χ3v) is 3.91. The van der Waals surface area contributed by atoms with Crippen molar-refractivity contribution in [3.63, 3.8) is 0 Å². The molecule has 1 unspecified atom stereocenters. The normalized spacial score (nSPS) is 35.6. The van der Waals surface area contributed by atoms with E-state index < -0.39 is 0 Å². The second-order valence-electron chi connectivity index (χ2n) is 5.30. The molecule has 0 heterocycles. The van der Waals surface area contributed by atoms with Crippen LogP contribution in [-0.2, 0) is 0 Å². The predicted molar refractivity (Wildman–Crippen MR) is 60.1 cm³/mol. The molecule has 2 fully saturated rings. The van der Waals surface area contributed by atoms with Crippen LogP contribution < -0.4 is 11.1 Å². The van der Waals surface area contributed by atoms with Crippen molar-refractivity contribution in [2.75, 3.05) is 6.54 Å². The quantitative estimate of drug-likeness (QED) is 0.720. The number of nitrogens with two attached hydrogens (primary N) is 1. The van der Waals surface area contributed by atoms with Crippen LogP contribution in [0.2, 0.25) is 0 Å². The molecule has 2 aliphatic carbocycles. The first kappa shape index (κ1) is 10.4. The van der Waals surface area contributed by atoms with Crippen LogP contribution in [0.25, 0.3) is 0 Å². The molecule has 0 bridgehead atoms. The molecule has 0 aromatic carbocycles. The average Bonchev–Trinajstić information content (AvgIpc) is 3.00. The van der Waals surface area contributed by atoms with Crippen molar-refractivity contribution in [1.82, 2.24) is 5.32 Å². The lowest BCUT2D eigenvalue weighted by Crippen LogP contribution is -2.44. The number of rotatable bonds is 4. The van der Waals surface area contributed by atoms with Gasteiger partial charge >= 0.3 is 0 Å². The topological polar surface area (TPSA) is 38.0 Å². The molecule has 2 heteroatoms. The van der Waals surface area contributed by atoms with Crippen molar-refractivity contribution in [3.8, 4) is 0 Å². The Morgan fingerprint density at radius 2 is 1.79 bits per heavy atom. The Hall–Kier alpha value is -0.0800. The first-order chi connectivity index (χ1) is 6.79. The maximum absolute atomic E-state index is 5.85. The number of hydrogen-bond donors (Lipinski definition) is 2. The molecule has 82 valence electrons. The van der Waals surface area contributed by atoms with Crippen molar-refractivity contribution >= 4 is 0 Å². The van der Waals surface area contributed by atoms with Crippen molar-refractivity contribution in [2.24, 2.45) is 17.6 Å². The van der Waals surface area contributed by atoms with Crippen LogP contribution in [0.4, 0.5) is 0 Å². The van der Waals surface area contributed by atoms with Gasteiger partial charge in [0, 0.05) is 18.6 Å². The summed E-state index contributed by atoms with van der Waals surface area (Å²) < 4.78 is 0. The van der Waals surface area contributed by atoms with E-state index in [1.807, 2.05) is 0 Å². The van der Waals surface area contributed by atoms with Crippen LogP contribution >= 0.6 is 0 Å². The highest BCUT2D eigenvalue weighted by Gasteiger charge is 2.30. The third kappa shape index (κ3) is 2.71. The minimum Gasteiger partial charge on any atom is -0.329 e. The van der Waals surface area contributed by atoms with Crippen LogP contribution in [0, 0.1) is 11.8 Å². The predicted octanol–water partition coefficient (Wildman–Crippen LogP) is 1.89. The molecular weight excluding hydrogens is 172 g/mol. The van der Waals surface area contributed by atoms with Gasteiger partial charge in [-0.3, -0.25) is 0 Å². The number of nitrogens with one attached hydrogen (secondary N) is 1. The van der Waals surface area contributed by atoms with Gasteiger partial charge in [0.05, 0.1) is 0 Å². The SMILES string of the molecule is CC1CCC(C(CN)NC2CC2)CC1. The monoisotopic (exact) mass is 196 g/mol. The van der Waals surface area contributed by atoms with Crippen LogP contribution in [-0.4, -0.2) is 18.6 Å². The summed E-state index contributed by atoms with van der Waals surface area (Å²) in [4.78, 5) is 0. The molecule has 0 radical (unpaired) electrons. The summed E-state index contributed by atoms with van der Waals surface area (Å²) in [6.45, 7) is 3.21. The summed E-state index contributed by atoms with van der Waals surface area (Å²) in [6, 6.07) is 1.41. The summed E-state index contributed by atoms with van der Waals surface area (Å²) in [5.41, 5.74) is 5.85. The second kappa shape index (κ2) is 4.63. The largest absolute Gasteiger partial charge is 0.329 e. The fraction of sp³-hybridized carbons (Fsp3) is 1.00. The van der Waals surface area contributed by atoms with E-state index in [2.05, 4.69) is 12.2 Å². The minimum atomic E-state index is 0.606. The molecule has 0 aromatic heterocycles. The van der Waals surface area contributed by atoms with E-state index in [9.17, 15) is 0 Å². The summed E-state index contributed by atoms with van der Waals surface area (Å²) in [6.07, 6.45) is 8.35. The van der Waals surface area contributed by atoms with E-state index in [-0.39, 0.29) is 0 Å². The lowest BCUT2D eigenvalue weighted by molar-refractivity contribution is 0.231. The summed E-state index contributed by atoms with van der Waals surface area (Å²) >= 11 is 0. The molecule has 0 amide bonds. The lowest BCUT2D eigenvalue weighted by Gasteiger charge is -2.32. The second-order valence-corrected chi connectivity index (χ2v) is 5.30. The van der Waals surface area contributed by atoms with Gasteiger partial charge in [0.1, 0.15) is 0 Å². The van der Waals surface area contributed by atoms with Crippen molar-refractivity contribution in [1.29, 1.82) is 0 Å². The van der Waals surface area contributed by atoms with Crippen molar-refractivity contribution < 1.29 is 0 Å². The molecule has 2 saturated carbocycles. The smallest absolute Gasteiger partial charge is 0.0221 e. The van der Waals surface area contributed by atoms with Gasteiger partial charge in [-0.2, -0.15) is 0 Å². The highest BCUT2D eigenvalue weighted by Crippen LogP contribution is 2.31. The molecule has 14 heavy (non-hydrogen) atoms. The van der Waals surface area contributed by atoms with Gasteiger partial charge in [0.15, 0.2) is 0 Å². The van der Waals surface area contributed by atoms with Gasteiger partial charge < -0.3 is 11.1 Å². The van der Waals surface area contributed by atoms with E-state index >= 15 is 0 Å². The zero-order valence-electron chi connectivity index (χ0n) is 9.34. The Morgan fingerprint density at radius 1 is 1.14 bits per heavy atom. The molecule has 0 aromatic rings. The van der Waals surface area contributed by atoms with Crippen LogP contribution in [0.5, 0.6) is 0 Å². The number of hydrogen-bond acceptors (Lipinski definition) is 2. The molecule has 0 saturated heterocycles. The van der Waals surface area contributed by atoms with Gasteiger partial charge in [-0.05, 0) is 37.5 Å². The van der Waals surface area contributed by atoms with E-state index in [1.54, 1.807) is 0 Å². The summed E-state index contributed by atoms with van der Waals surface area (Å²) in [5.74, 6) is 1.81. The van der Waals surface area contributed by atoms with E-state index in [0.29, 0.717) is 6.04 Å². The van der Waals surface area contributed by atoms with Gasteiger partial charge in [-0.1, -0.05) is 19.8 Å². The molecule has 2 nitrogen and oxygen atoms in total. The molecule has 3 N–H and O–H groups in total. The van der Waals surface area contributed by atoms with Crippen molar-refractivity contribution in [2.45, 2.75) is 57.5 Å². The average molecular weight is 196 g/mol. The van der Waals surface area contributed by atoms with Crippen molar-refractivity contribution in [3.05, 3.63) is 0 Å². The van der Waals surface area contributed by atoms with Crippen LogP contribution in [0.15, 0.2) is 0 Å². The highest BCUT2D eigenvalue weighted by atomic mass is 15.0. The maximum Gasteiger partial charge on any atom is 0.0221 e. The fourth-order valence-corrected chi connectivity index (χ4v) is 2.64. The lowest BCUT2D eigenvalue weighted by atomic mass is 9.79. The Kier molecular flexibility index (Phi) is 3.45. The molecule has 2 aliphatic rings. The Labute approximate surface area is 87.6 Å². The zero-order valence-corrected chi connectivity index (χ0v) is 9.34. The van der Waals surface area contributed by atoms with E-state index in [1.165, 1.54) is 38.5 Å². The van der Waals surface area contributed by atoms with E-state index in [4.69, 9.17) is 5.73 Å². The van der Waals surface area contributed by atoms with Gasteiger partial charge in [0.25, 0.3) is 0 Å². The Balaban J connectivity index is 1.78. The molecule has 1 atom stereocenters. The van der Waals surface area contributed by atoms with Gasteiger partial charge in [-0.25, -0.2) is 0 Å². The van der Waals surface area contributed by atoms with Gasteiger partial charge in [0.2, 0.25) is 0 Å². The van der Waals surface area contributed by atoms with E-state index in [0.717, 1.165) is 24.4 Å². The molecule has 2 rings (SSSR count). The first-order valence-corrected chi connectivity index (χ1v) is 6.25. The maximum atomic E-state index is 5.85. The summed E-state index contributed by atoms with van der Waals surface area (Å²) in [7, 11) is 0. The molecule has 0 aliphatic heterocycles. The standard InChI is InChI=1S/C12H24N2/c1-9-2-4-10(5-3-9)12(8-13)14-11-6-7-11/h9-12,14H,2-8,13H2,1H3. The highest BCUT2D eigenvalue weighted by molar-refractivity contribution is 4.89. The fourth-order valence-electron chi connectivity index (χ4n) is 2.64. The third-order valence-electron chi connectivity index (χ3n) is 3.91. The first-order valence-electron chi connectivity index (χ1n) is 6.25. The minimum absolute atomic E-state index is 0.606. The van der Waals surface area contributed by atoms with Crippen LogP contribution in [0.1, 0.15) is 45.4 Å². The zero-order chi connectivity index (χ0) is 9.97. The Bertz CT molecular complexity index is 169. The van der Waals surface area contributed by atoms with Gasteiger partial charge in [-0.15, -0.1) is 0 Å². The Morgan fingerprint density at radius 3 is 2.29 bits per heavy atom. The van der Waals surface area contributed by atoms with Crippen LogP contribution in [0.3, 0.4) is 0 Å². The summed E-state index contributed by atoms with van der Waals surface area (Å²) in [5, 5.41) is 3.70. The molecular formula is C12H24N2.